The zero-order valence-corrected chi connectivity index (χ0v) is 8.96. The Kier molecular flexibility index (Phi) is 3.83. The summed E-state index contributed by atoms with van der Waals surface area (Å²) in [7, 11) is 0. The Bertz CT molecular complexity index is 361. The SMILES string of the molecule is CCC(Cc1ccc(C)c(F)c1)C(=O)O. The molecule has 0 aliphatic heterocycles. The Labute approximate surface area is 88.7 Å². The fourth-order valence-electron chi connectivity index (χ4n) is 1.45. The van der Waals surface area contributed by atoms with Crippen molar-refractivity contribution in [1.82, 2.24) is 0 Å². The van der Waals surface area contributed by atoms with Crippen molar-refractivity contribution in [2.45, 2.75) is 26.7 Å². The molecule has 82 valence electrons. The summed E-state index contributed by atoms with van der Waals surface area (Å²) in [5.74, 6) is -1.52. The van der Waals surface area contributed by atoms with E-state index in [0.29, 0.717) is 18.4 Å². The molecule has 3 heteroatoms. The van der Waals surface area contributed by atoms with Crippen molar-refractivity contribution < 1.29 is 14.3 Å². The van der Waals surface area contributed by atoms with E-state index >= 15 is 0 Å². The lowest BCUT2D eigenvalue weighted by atomic mass is 9.96. The van der Waals surface area contributed by atoms with Gasteiger partial charge < -0.3 is 5.11 Å². The molecule has 0 amide bonds. The molecular weight excluding hydrogens is 195 g/mol. The first-order valence-corrected chi connectivity index (χ1v) is 5.02. The van der Waals surface area contributed by atoms with Gasteiger partial charge in [-0.2, -0.15) is 0 Å². The van der Waals surface area contributed by atoms with Gasteiger partial charge in [0.2, 0.25) is 0 Å². The van der Waals surface area contributed by atoms with Gasteiger partial charge >= 0.3 is 5.97 Å². The van der Waals surface area contributed by atoms with E-state index in [1.807, 2.05) is 6.92 Å². The maximum absolute atomic E-state index is 13.2. The molecule has 1 unspecified atom stereocenters. The Balaban J connectivity index is 2.80. The third kappa shape index (κ3) is 3.05. The van der Waals surface area contributed by atoms with Crippen molar-refractivity contribution >= 4 is 5.97 Å². The average Bonchev–Trinajstić information content (AvgIpc) is 2.19. The summed E-state index contributed by atoms with van der Waals surface area (Å²) in [6.07, 6.45) is 0.952. The summed E-state index contributed by atoms with van der Waals surface area (Å²) < 4.78 is 13.2. The molecule has 0 saturated heterocycles. The molecule has 0 radical (unpaired) electrons. The van der Waals surface area contributed by atoms with Gasteiger partial charge in [0.1, 0.15) is 5.82 Å². The van der Waals surface area contributed by atoms with Crippen LogP contribution in [0.5, 0.6) is 0 Å². The second-order valence-electron chi connectivity index (χ2n) is 3.73. The van der Waals surface area contributed by atoms with E-state index in [1.54, 1.807) is 19.1 Å². The first kappa shape index (κ1) is 11.7. The van der Waals surface area contributed by atoms with Crippen LogP contribution in [0.3, 0.4) is 0 Å². The van der Waals surface area contributed by atoms with Gasteiger partial charge in [0.25, 0.3) is 0 Å². The van der Waals surface area contributed by atoms with Crippen LogP contribution in [-0.4, -0.2) is 11.1 Å². The van der Waals surface area contributed by atoms with Gasteiger partial charge in [0, 0.05) is 0 Å². The largest absolute Gasteiger partial charge is 0.481 e. The van der Waals surface area contributed by atoms with E-state index in [-0.39, 0.29) is 5.82 Å². The molecule has 1 aromatic rings. The van der Waals surface area contributed by atoms with Gasteiger partial charge in [-0.05, 0) is 37.0 Å². The zero-order valence-electron chi connectivity index (χ0n) is 8.96. The van der Waals surface area contributed by atoms with Crippen molar-refractivity contribution in [1.29, 1.82) is 0 Å². The van der Waals surface area contributed by atoms with Crippen molar-refractivity contribution in [2.75, 3.05) is 0 Å². The summed E-state index contributed by atoms with van der Waals surface area (Å²) >= 11 is 0. The number of hydrogen-bond donors (Lipinski definition) is 1. The number of carboxylic acid groups (broad SMARTS) is 1. The minimum absolute atomic E-state index is 0.271. The maximum atomic E-state index is 13.2. The predicted octanol–water partition coefficient (Wildman–Crippen LogP) is 2.79. The lowest BCUT2D eigenvalue weighted by Crippen LogP contribution is -2.15. The summed E-state index contributed by atoms with van der Waals surface area (Å²) in [5.41, 5.74) is 1.33. The average molecular weight is 210 g/mol. The molecule has 1 aromatic carbocycles. The number of carbonyl (C=O) groups is 1. The topological polar surface area (TPSA) is 37.3 Å². The molecular formula is C12H15FO2. The molecule has 0 aliphatic carbocycles. The molecule has 1 atom stereocenters. The van der Waals surface area contributed by atoms with E-state index in [1.165, 1.54) is 6.07 Å². The van der Waals surface area contributed by atoms with E-state index in [9.17, 15) is 9.18 Å². The van der Waals surface area contributed by atoms with E-state index in [0.717, 1.165) is 5.56 Å². The van der Waals surface area contributed by atoms with Crippen LogP contribution in [0.1, 0.15) is 24.5 Å². The highest BCUT2D eigenvalue weighted by Gasteiger charge is 2.15. The smallest absolute Gasteiger partial charge is 0.306 e. The Morgan fingerprint density at radius 3 is 2.67 bits per heavy atom. The highest BCUT2D eigenvalue weighted by Crippen LogP contribution is 2.15. The number of halogens is 1. The number of aliphatic carboxylic acids is 1. The second kappa shape index (κ2) is 4.91. The number of rotatable bonds is 4. The number of benzene rings is 1. The molecule has 1 rings (SSSR count). The summed E-state index contributed by atoms with van der Waals surface area (Å²) in [4.78, 5) is 10.8. The highest BCUT2D eigenvalue weighted by molar-refractivity contribution is 5.70. The molecule has 2 nitrogen and oxygen atoms in total. The van der Waals surface area contributed by atoms with Crippen LogP contribution in [0.2, 0.25) is 0 Å². The van der Waals surface area contributed by atoms with Gasteiger partial charge in [-0.15, -0.1) is 0 Å². The molecule has 0 spiro atoms. The van der Waals surface area contributed by atoms with Crippen LogP contribution < -0.4 is 0 Å². The third-order valence-corrected chi connectivity index (χ3v) is 2.56. The van der Waals surface area contributed by atoms with Crippen molar-refractivity contribution in [3.8, 4) is 0 Å². The quantitative estimate of drug-likeness (QED) is 0.829. The van der Waals surface area contributed by atoms with Crippen molar-refractivity contribution in [3.05, 3.63) is 35.1 Å². The molecule has 0 aliphatic rings. The maximum Gasteiger partial charge on any atom is 0.306 e. The van der Waals surface area contributed by atoms with Crippen molar-refractivity contribution in [2.24, 2.45) is 5.92 Å². The lowest BCUT2D eigenvalue weighted by Gasteiger charge is -2.09. The third-order valence-electron chi connectivity index (χ3n) is 2.56. The van der Waals surface area contributed by atoms with Crippen LogP contribution in [-0.2, 0) is 11.2 Å². The summed E-state index contributed by atoms with van der Waals surface area (Å²) in [5, 5.41) is 8.86. The van der Waals surface area contributed by atoms with Crippen LogP contribution >= 0.6 is 0 Å². The fraction of sp³-hybridized carbons (Fsp3) is 0.417. The molecule has 0 heterocycles. The van der Waals surface area contributed by atoms with E-state index < -0.39 is 11.9 Å². The van der Waals surface area contributed by atoms with E-state index in [4.69, 9.17) is 5.11 Å². The minimum atomic E-state index is -0.821. The van der Waals surface area contributed by atoms with E-state index in [2.05, 4.69) is 0 Å². The first-order valence-electron chi connectivity index (χ1n) is 5.02. The summed E-state index contributed by atoms with van der Waals surface area (Å²) in [6, 6.07) is 4.88. The molecule has 0 saturated carbocycles. The lowest BCUT2D eigenvalue weighted by molar-refractivity contribution is -0.141. The standard InChI is InChI=1S/C12H15FO2/c1-3-10(12(14)15)6-9-5-4-8(2)11(13)7-9/h4-5,7,10H,3,6H2,1-2H3,(H,14,15). The molecule has 0 aromatic heterocycles. The number of aryl methyl sites for hydroxylation is 1. The normalized spacial score (nSPS) is 12.5. The van der Waals surface area contributed by atoms with Crippen LogP contribution in [0, 0.1) is 18.7 Å². The molecule has 15 heavy (non-hydrogen) atoms. The van der Waals surface area contributed by atoms with Gasteiger partial charge in [0.15, 0.2) is 0 Å². The number of carboxylic acids is 1. The summed E-state index contributed by atoms with van der Waals surface area (Å²) in [6.45, 7) is 3.51. The second-order valence-corrected chi connectivity index (χ2v) is 3.73. The zero-order chi connectivity index (χ0) is 11.4. The van der Waals surface area contributed by atoms with Gasteiger partial charge in [0.05, 0.1) is 5.92 Å². The van der Waals surface area contributed by atoms with Gasteiger partial charge in [-0.3, -0.25) is 4.79 Å². The highest BCUT2D eigenvalue weighted by atomic mass is 19.1. The number of hydrogen-bond acceptors (Lipinski definition) is 1. The monoisotopic (exact) mass is 210 g/mol. The molecule has 0 bridgehead atoms. The predicted molar refractivity (Wildman–Crippen MR) is 56.3 cm³/mol. The Morgan fingerprint density at radius 2 is 2.20 bits per heavy atom. The van der Waals surface area contributed by atoms with Crippen LogP contribution in [0.4, 0.5) is 4.39 Å². The van der Waals surface area contributed by atoms with Gasteiger partial charge in [-0.1, -0.05) is 19.1 Å². The van der Waals surface area contributed by atoms with Crippen molar-refractivity contribution in [3.63, 3.8) is 0 Å². The molecule has 1 N–H and O–H groups in total. The minimum Gasteiger partial charge on any atom is -0.481 e. The Hall–Kier alpha value is -1.38. The van der Waals surface area contributed by atoms with Crippen LogP contribution in [0.25, 0.3) is 0 Å². The first-order chi connectivity index (χ1) is 7.04. The molecule has 0 fully saturated rings. The Morgan fingerprint density at radius 1 is 1.53 bits per heavy atom. The van der Waals surface area contributed by atoms with Crippen LogP contribution in [0.15, 0.2) is 18.2 Å². The fourth-order valence-corrected chi connectivity index (χ4v) is 1.45. The van der Waals surface area contributed by atoms with Gasteiger partial charge in [-0.25, -0.2) is 4.39 Å².